The Kier molecular flexibility index (Phi) is 5.72. The molecule has 0 spiro atoms. The lowest BCUT2D eigenvalue weighted by Gasteiger charge is -2.13. The van der Waals surface area contributed by atoms with E-state index in [2.05, 4.69) is 30.6 Å². The van der Waals surface area contributed by atoms with Crippen molar-refractivity contribution in [3.8, 4) is 0 Å². The van der Waals surface area contributed by atoms with Gasteiger partial charge in [0.25, 0.3) is 0 Å². The van der Waals surface area contributed by atoms with Gasteiger partial charge in [-0.25, -0.2) is 9.97 Å². The van der Waals surface area contributed by atoms with Gasteiger partial charge in [0.15, 0.2) is 17.0 Å². The second kappa shape index (κ2) is 8.86. The molecule has 0 saturated heterocycles. The van der Waals surface area contributed by atoms with Crippen molar-refractivity contribution >= 4 is 39.5 Å². The number of aromatic nitrogens is 5. The Hall–Kier alpha value is -4.21. The molecule has 0 atom stereocenters. The largest absolute Gasteiger partial charge is 0.416 e. The van der Waals surface area contributed by atoms with E-state index in [1.807, 2.05) is 48.7 Å². The van der Waals surface area contributed by atoms with Gasteiger partial charge in [0.2, 0.25) is 5.95 Å². The summed E-state index contributed by atoms with van der Waals surface area (Å²) < 4.78 is 41.3. The van der Waals surface area contributed by atoms with Crippen molar-refractivity contribution in [2.24, 2.45) is 0 Å². The second-order valence-corrected chi connectivity index (χ2v) is 8.37. The Labute approximate surface area is 199 Å². The maximum atomic E-state index is 13.1. The summed E-state index contributed by atoms with van der Waals surface area (Å²) in [6.45, 7) is 4.16. The predicted molar refractivity (Wildman–Crippen MR) is 130 cm³/mol. The lowest BCUT2D eigenvalue weighted by atomic mass is 10.1. The molecule has 0 fully saturated rings. The molecule has 35 heavy (non-hydrogen) atoms. The van der Waals surface area contributed by atoms with Crippen LogP contribution in [0, 0.1) is 0 Å². The van der Waals surface area contributed by atoms with Crippen LogP contribution in [0.2, 0.25) is 0 Å². The summed E-state index contributed by atoms with van der Waals surface area (Å²) >= 11 is 0. The summed E-state index contributed by atoms with van der Waals surface area (Å²) in [5, 5.41) is 8.27. The van der Waals surface area contributed by atoms with Gasteiger partial charge in [-0.1, -0.05) is 36.4 Å². The Morgan fingerprint density at radius 1 is 0.943 bits per heavy atom. The van der Waals surface area contributed by atoms with Crippen molar-refractivity contribution in [1.82, 2.24) is 24.5 Å². The molecule has 0 aliphatic heterocycles. The number of benzene rings is 2. The van der Waals surface area contributed by atoms with Gasteiger partial charge in [-0.3, -0.25) is 0 Å². The monoisotopic (exact) mass is 477 g/mol. The first-order valence-corrected chi connectivity index (χ1v) is 11.0. The van der Waals surface area contributed by atoms with E-state index in [1.165, 1.54) is 6.07 Å². The van der Waals surface area contributed by atoms with Gasteiger partial charge in [-0.05, 0) is 43.0 Å². The molecule has 3 aromatic heterocycles. The predicted octanol–water partition coefficient (Wildman–Crippen LogP) is 6.33. The molecule has 0 bridgehead atoms. The molecular formula is C25H22F3N7. The standard InChI is InChI=1S/C25H22F3N7/c1-15(2)35-14-31-20-22(30-13-16-6-5-8-18(12-16)25(26,27)28)33-24(34-23(20)35)32-21-19-9-4-3-7-17(19)10-11-29-21/h3-12,14-15H,13H2,1-2H3,(H2,29,30,32,33,34). The third-order valence-electron chi connectivity index (χ3n) is 5.60. The molecular weight excluding hydrogens is 455 g/mol. The first-order chi connectivity index (χ1) is 16.8. The number of fused-ring (bicyclic) bond motifs is 2. The second-order valence-electron chi connectivity index (χ2n) is 8.37. The number of pyridine rings is 1. The number of hydrogen-bond acceptors (Lipinski definition) is 6. The topological polar surface area (TPSA) is 80.5 Å². The molecule has 7 nitrogen and oxygen atoms in total. The number of hydrogen-bond donors (Lipinski definition) is 2. The van der Waals surface area contributed by atoms with Gasteiger partial charge in [0.1, 0.15) is 5.82 Å². The Bertz CT molecular complexity index is 1500. The van der Waals surface area contributed by atoms with Gasteiger partial charge in [0.05, 0.1) is 11.9 Å². The molecule has 2 N–H and O–H groups in total. The van der Waals surface area contributed by atoms with Crippen LogP contribution in [0.3, 0.4) is 0 Å². The Balaban J connectivity index is 1.52. The number of alkyl halides is 3. The zero-order chi connectivity index (χ0) is 24.6. The van der Waals surface area contributed by atoms with Crippen LogP contribution in [0.25, 0.3) is 21.9 Å². The van der Waals surface area contributed by atoms with E-state index in [-0.39, 0.29) is 12.6 Å². The fourth-order valence-corrected chi connectivity index (χ4v) is 3.84. The molecule has 0 unspecified atom stereocenters. The maximum absolute atomic E-state index is 13.1. The molecule has 10 heteroatoms. The van der Waals surface area contributed by atoms with E-state index < -0.39 is 11.7 Å². The van der Waals surface area contributed by atoms with Gasteiger partial charge in [-0.15, -0.1) is 0 Å². The molecule has 0 aliphatic carbocycles. The van der Waals surface area contributed by atoms with Crippen molar-refractivity contribution in [2.75, 3.05) is 10.6 Å². The van der Waals surface area contributed by atoms with Crippen LogP contribution in [-0.2, 0) is 12.7 Å². The zero-order valence-corrected chi connectivity index (χ0v) is 19.0. The number of rotatable bonds is 6. The molecule has 2 aromatic carbocycles. The molecule has 0 radical (unpaired) electrons. The van der Waals surface area contributed by atoms with E-state index in [0.717, 1.165) is 22.9 Å². The highest BCUT2D eigenvalue weighted by Crippen LogP contribution is 2.30. The quantitative estimate of drug-likeness (QED) is 0.298. The molecule has 5 aromatic rings. The summed E-state index contributed by atoms with van der Waals surface area (Å²) in [5.41, 5.74) is 0.907. The number of nitrogens with one attached hydrogen (secondary N) is 2. The number of anilines is 3. The van der Waals surface area contributed by atoms with Crippen molar-refractivity contribution in [1.29, 1.82) is 0 Å². The van der Waals surface area contributed by atoms with Crippen LogP contribution >= 0.6 is 0 Å². The molecule has 3 heterocycles. The van der Waals surface area contributed by atoms with Crippen molar-refractivity contribution < 1.29 is 13.2 Å². The van der Waals surface area contributed by atoms with Crippen LogP contribution in [0.5, 0.6) is 0 Å². The molecule has 0 saturated carbocycles. The number of nitrogens with zero attached hydrogens (tertiary/aromatic N) is 5. The maximum Gasteiger partial charge on any atom is 0.416 e. The van der Waals surface area contributed by atoms with E-state index >= 15 is 0 Å². The average molecular weight is 477 g/mol. The number of halogens is 3. The van der Waals surface area contributed by atoms with Gasteiger partial charge >= 0.3 is 6.18 Å². The summed E-state index contributed by atoms with van der Waals surface area (Å²) in [5.74, 6) is 1.31. The van der Waals surface area contributed by atoms with Crippen molar-refractivity contribution in [3.63, 3.8) is 0 Å². The third kappa shape index (κ3) is 4.59. The van der Waals surface area contributed by atoms with Crippen LogP contribution in [0.4, 0.5) is 30.8 Å². The van der Waals surface area contributed by atoms with Gasteiger partial charge in [-0.2, -0.15) is 23.1 Å². The van der Waals surface area contributed by atoms with E-state index in [0.29, 0.717) is 34.3 Å². The minimum absolute atomic E-state index is 0.0924. The number of imidazole rings is 1. The summed E-state index contributed by atoms with van der Waals surface area (Å²) in [6, 6.07) is 15.0. The summed E-state index contributed by atoms with van der Waals surface area (Å²) in [6.07, 6.45) is -1.02. The van der Waals surface area contributed by atoms with Gasteiger partial charge in [0, 0.05) is 24.2 Å². The molecule has 178 valence electrons. The van der Waals surface area contributed by atoms with Crippen LogP contribution in [0.1, 0.15) is 31.0 Å². The minimum atomic E-state index is -4.41. The average Bonchev–Trinajstić information content (AvgIpc) is 3.27. The van der Waals surface area contributed by atoms with Gasteiger partial charge < -0.3 is 15.2 Å². The summed E-state index contributed by atoms with van der Waals surface area (Å²) in [4.78, 5) is 18.2. The van der Waals surface area contributed by atoms with Crippen LogP contribution in [-0.4, -0.2) is 24.5 Å². The normalized spacial score (nSPS) is 11.9. The van der Waals surface area contributed by atoms with E-state index in [4.69, 9.17) is 0 Å². The SMILES string of the molecule is CC(C)n1cnc2c(NCc3cccc(C(F)(F)F)c3)nc(Nc3nccc4ccccc34)nc21. The lowest BCUT2D eigenvalue weighted by molar-refractivity contribution is -0.137. The van der Waals surface area contributed by atoms with Crippen molar-refractivity contribution in [2.45, 2.75) is 32.6 Å². The fraction of sp³-hybridized carbons (Fsp3) is 0.200. The van der Waals surface area contributed by atoms with E-state index in [9.17, 15) is 13.2 Å². The van der Waals surface area contributed by atoms with E-state index in [1.54, 1.807) is 18.6 Å². The lowest BCUT2D eigenvalue weighted by Crippen LogP contribution is -2.09. The first kappa shape index (κ1) is 22.6. The minimum Gasteiger partial charge on any atom is -0.364 e. The Morgan fingerprint density at radius 3 is 2.57 bits per heavy atom. The third-order valence-corrected chi connectivity index (χ3v) is 5.60. The highest BCUT2D eigenvalue weighted by molar-refractivity contribution is 5.93. The van der Waals surface area contributed by atoms with Crippen LogP contribution in [0.15, 0.2) is 67.1 Å². The Morgan fingerprint density at radius 2 is 1.77 bits per heavy atom. The molecule has 0 amide bonds. The summed E-state index contributed by atoms with van der Waals surface area (Å²) in [7, 11) is 0. The highest BCUT2D eigenvalue weighted by atomic mass is 19.4. The van der Waals surface area contributed by atoms with Crippen LogP contribution < -0.4 is 10.6 Å². The first-order valence-electron chi connectivity index (χ1n) is 11.0. The molecule has 0 aliphatic rings. The van der Waals surface area contributed by atoms with Crippen molar-refractivity contribution in [3.05, 3.63) is 78.2 Å². The fourth-order valence-electron chi connectivity index (χ4n) is 3.84. The highest BCUT2D eigenvalue weighted by Gasteiger charge is 2.30. The smallest absolute Gasteiger partial charge is 0.364 e. The zero-order valence-electron chi connectivity index (χ0n) is 19.0. The molecule has 5 rings (SSSR count).